The SMILES string of the molecule is Cn1ccc(CN2CCCC2c2nc3ccccc3c(=O)n2CC(F)F)cc1=O. The van der Waals surface area contributed by atoms with Gasteiger partial charge >= 0.3 is 0 Å². The Morgan fingerprint density at radius 3 is 2.76 bits per heavy atom. The molecule has 3 aromatic rings. The van der Waals surface area contributed by atoms with Gasteiger partial charge in [-0.05, 0) is 43.1 Å². The zero-order valence-electron chi connectivity index (χ0n) is 16.1. The van der Waals surface area contributed by atoms with Crippen LogP contribution in [0.15, 0.2) is 52.2 Å². The zero-order chi connectivity index (χ0) is 20.5. The molecule has 1 aliphatic rings. The molecule has 6 nitrogen and oxygen atoms in total. The van der Waals surface area contributed by atoms with E-state index in [1.54, 1.807) is 43.6 Å². The lowest BCUT2D eigenvalue weighted by atomic mass is 10.1. The maximum atomic E-state index is 13.3. The Hall–Kier alpha value is -2.87. The molecule has 8 heteroatoms. The van der Waals surface area contributed by atoms with Gasteiger partial charge < -0.3 is 4.57 Å². The highest BCUT2D eigenvalue weighted by molar-refractivity contribution is 5.77. The molecule has 1 saturated heterocycles. The minimum atomic E-state index is -2.65. The van der Waals surface area contributed by atoms with Crippen LogP contribution in [0, 0.1) is 0 Å². The van der Waals surface area contributed by atoms with Crippen molar-refractivity contribution in [2.45, 2.75) is 38.4 Å². The second kappa shape index (κ2) is 7.87. The van der Waals surface area contributed by atoms with Gasteiger partial charge in [0.1, 0.15) is 5.82 Å². The quantitative estimate of drug-likeness (QED) is 0.661. The summed E-state index contributed by atoms with van der Waals surface area (Å²) in [5, 5.41) is 0.341. The highest BCUT2D eigenvalue weighted by Crippen LogP contribution is 2.32. The minimum absolute atomic E-state index is 0.100. The van der Waals surface area contributed by atoms with Gasteiger partial charge in [-0.2, -0.15) is 0 Å². The van der Waals surface area contributed by atoms with Gasteiger partial charge in [0.25, 0.3) is 17.5 Å². The molecule has 0 aliphatic carbocycles. The number of aromatic nitrogens is 3. The molecular weight excluding hydrogens is 378 g/mol. The Bertz CT molecular complexity index is 1160. The van der Waals surface area contributed by atoms with Crippen molar-refractivity contribution in [3.63, 3.8) is 0 Å². The Labute approximate surface area is 166 Å². The molecule has 0 bridgehead atoms. The monoisotopic (exact) mass is 400 g/mol. The second-order valence-electron chi connectivity index (χ2n) is 7.41. The van der Waals surface area contributed by atoms with E-state index in [9.17, 15) is 18.4 Å². The van der Waals surface area contributed by atoms with Crippen molar-refractivity contribution in [3.05, 3.63) is 74.7 Å². The molecule has 1 fully saturated rings. The number of aryl methyl sites for hydroxylation is 1. The van der Waals surface area contributed by atoms with Gasteiger partial charge in [-0.25, -0.2) is 13.8 Å². The standard InChI is InChI=1S/C21H22F2N4O2/c1-25-10-8-14(11-19(25)28)12-26-9-4-7-17(26)20-24-16-6-3-2-5-15(16)21(29)27(20)13-18(22)23/h2-3,5-6,8,10-11,17-18H,4,7,9,12-13H2,1H3. The van der Waals surface area contributed by atoms with Crippen LogP contribution in [0.3, 0.4) is 0 Å². The van der Waals surface area contributed by atoms with Crippen molar-refractivity contribution in [1.82, 2.24) is 19.0 Å². The topological polar surface area (TPSA) is 60.1 Å². The molecule has 0 saturated carbocycles. The third-order valence-electron chi connectivity index (χ3n) is 5.43. The summed E-state index contributed by atoms with van der Waals surface area (Å²) in [4.78, 5) is 31.6. The van der Waals surface area contributed by atoms with E-state index >= 15 is 0 Å². The Balaban J connectivity index is 1.76. The number of hydrogen-bond donors (Lipinski definition) is 0. The summed E-state index contributed by atoms with van der Waals surface area (Å²) in [6.45, 7) is 0.567. The lowest BCUT2D eigenvalue weighted by Gasteiger charge is -2.26. The molecule has 4 rings (SSSR count). The molecule has 1 aromatic carbocycles. The molecule has 2 aromatic heterocycles. The van der Waals surface area contributed by atoms with Crippen LogP contribution in [0.4, 0.5) is 8.78 Å². The van der Waals surface area contributed by atoms with Crippen LogP contribution in [-0.4, -0.2) is 32.0 Å². The Morgan fingerprint density at radius 1 is 1.21 bits per heavy atom. The number of alkyl halides is 2. The van der Waals surface area contributed by atoms with Gasteiger partial charge in [0.05, 0.1) is 23.5 Å². The van der Waals surface area contributed by atoms with E-state index in [-0.39, 0.29) is 11.6 Å². The average Bonchev–Trinajstić information content (AvgIpc) is 3.14. The van der Waals surface area contributed by atoms with Crippen LogP contribution < -0.4 is 11.1 Å². The van der Waals surface area contributed by atoms with E-state index in [4.69, 9.17) is 0 Å². The van der Waals surface area contributed by atoms with Gasteiger partial charge in [-0.3, -0.25) is 19.1 Å². The first-order chi connectivity index (χ1) is 13.9. The first kappa shape index (κ1) is 19.4. The third kappa shape index (κ3) is 3.85. The highest BCUT2D eigenvalue weighted by Gasteiger charge is 2.31. The number of halogens is 2. The summed E-state index contributed by atoms with van der Waals surface area (Å²) in [5.74, 6) is 0.371. The number of nitrogens with zero attached hydrogens (tertiary/aromatic N) is 4. The lowest BCUT2D eigenvalue weighted by molar-refractivity contribution is 0.120. The number of pyridine rings is 1. The molecular formula is C21H22F2N4O2. The fraction of sp³-hybridized carbons (Fsp3) is 0.381. The molecule has 0 amide bonds. The van der Waals surface area contributed by atoms with Crippen LogP contribution in [0.25, 0.3) is 10.9 Å². The van der Waals surface area contributed by atoms with Crippen molar-refractivity contribution >= 4 is 10.9 Å². The van der Waals surface area contributed by atoms with E-state index in [0.29, 0.717) is 23.3 Å². The van der Waals surface area contributed by atoms with Crippen molar-refractivity contribution < 1.29 is 8.78 Å². The van der Waals surface area contributed by atoms with Crippen LogP contribution >= 0.6 is 0 Å². The van der Waals surface area contributed by atoms with E-state index in [1.165, 1.54) is 4.57 Å². The Morgan fingerprint density at radius 2 is 2.00 bits per heavy atom. The summed E-state index contributed by atoms with van der Waals surface area (Å²) in [6.07, 6.45) is 0.650. The number of fused-ring (bicyclic) bond motifs is 1. The Kier molecular flexibility index (Phi) is 5.27. The predicted molar refractivity (Wildman–Crippen MR) is 106 cm³/mol. The van der Waals surface area contributed by atoms with E-state index in [1.807, 2.05) is 6.07 Å². The van der Waals surface area contributed by atoms with Crippen molar-refractivity contribution in [1.29, 1.82) is 0 Å². The van der Waals surface area contributed by atoms with Crippen molar-refractivity contribution in [2.24, 2.45) is 7.05 Å². The van der Waals surface area contributed by atoms with Crippen LogP contribution in [0.1, 0.15) is 30.3 Å². The maximum Gasteiger partial charge on any atom is 0.261 e. The van der Waals surface area contributed by atoms with Crippen molar-refractivity contribution in [2.75, 3.05) is 6.54 Å². The average molecular weight is 400 g/mol. The molecule has 0 radical (unpaired) electrons. The smallest absolute Gasteiger partial charge is 0.261 e. The molecule has 0 spiro atoms. The van der Waals surface area contributed by atoms with E-state index < -0.39 is 18.5 Å². The minimum Gasteiger partial charge on any atom is -0.319 e. The molecule has 1 atom stereocenters. The number of hydrogen-bond acceptors (Lipinski definition) is 4. The molecule has 3 heterocycles. The van der Waals surface area contributed by atoms with Crippen LogP contribution in [0.5, 0.6) is 0 Å². The maximum absolute atomic E-state index is 13.3. The normalized spacial score (nSPS) is 17.4. The second-order valence-corrected chi connectivity index (χ2v) is 7.41. The van der Waals surface area contributed by atoms with Gasteiger partial charge in [-0.15, -0.1) is 0 Å². The first-order valence-electron chi connectivity index (χ1n) is 9.61. The summed E-state index contributed by atoms with van der Waals surface area (Å²) in [7, 11) is 1.69. The lowest BCUT2D eigenvalue weighted by Crippen LogP contribution is -2.33. The zero-order valence-corrected chi connectivity index (χ0v) is 16.1. The predicted octanol–water partition coefficient (Wildman–Crippen LogP) is 2.70. The van der Waals surface area contributed by atoms with Crippen LogP contribution in [0.2, 0.25) is 0 Å². The molecule has 152 valence electrons. The number of rotatable bonds is 5. The van der Waals surface area contributed by atoms with Gasteiger partial charge in [0, 0.05) is 25.9 Å². The summed E-state index contributed by atoms with van der Waals surface area (Å²) in [5.41, 5.74) is 0.824. The molecule has 1 aliphatic heterocycles. The van der Waals surface area contributed by atoms with Crippen LogP contribution in [-0.2, 0) is 20.1 Å². The fourth-order valence-corrected chi connectivity index (χ4v) is 3.98. The number of para-hydroxylation sites is 1. The molecule has 0 N–H and O–H groups in total. The van der Waals surface area contributed by atoms with E-state index in [2.05, 4.69) is 9.88 Å². The van der Waals surface area contributed by atoms with Gasteiger partial charge in [-0.1, -0.05) is 12.1 Å². The summed E-state index contributed by atoms with van der Waals surface area (Å²) >= 11 is 0. The van der Waals surface area contributed by atoms with Gasteiger partial charge in [0.15, 0.2) is 0 Å². The highest BCUT2D eigenvalue weighted by atomic mass is 19.3. The first-order valence-corrected chi connectivity index (χ1v) is 9.61. The third-order valence-corrected chi connectivity index (χ3v) is 5.43. The number of benzene rings is 1. The molecule has 1 unspecified atom stereocenters. The fourth-order valence-electron chi connectivity index (χ4n) is 3.98. The number of likely N-dealkylation sites (tertiary alicyclic amines) is 1. The summed E-state index contributed by atoms with van der Waals surface area (Å²) < 4.78 is 29.1. The van der Waals surface area contributed by atoms with E-state index in [0.717, 1.165) is 29.5 Å². The summed E-state index contributed by atoms with van der Waals surface area (Å²) in [6, 6.07) is 10.0. The largest absolute Gasteiger partial charge is 0.319 e. The van der Waals surface area contributed by atoms with Crippen molar-refractivity contribution in [3.8, 4) is 0 Å². The van der Waals surface area contributed by atoms with Gasteiger partial charge in [0.2, 0.25) is 0 Å². The molecule has 29 heavy (non-hydrogen) atoms.